The zero-order valence-corrected chi connectivity index (χ0v) is 14.7. The number of nitrogens with one attached hydrogen (secondary N) is 1. The molecule has 0 saturated carbocycles. The summed E-state index contributed by atoms with van der Waals surface area (Å²) in [6, 6.07) is 15.1. The fraction of sp³-hybridized carbons (Fsp3) is 0.333. The van der Waals surface area contributed by atoms with Crippen LogP contribution in [0, 0.1) is 6.92 Å². The molecular formula is C21H24N4. The maximum Gasteiger partial charge on any atom is 0.137 e. The number of benzene rings is 2. The molecule has 0 unspecified atom stereocenters. The fourth-order valence-electron chi connectivity index (χ4n) is 3.57. The number of aromatic nitrogens is 2. The van der Waals surface area contributed by atoms with Crippen molar-refractivity contribution >= 4 is 16.7 Å². The largest absolute Gasteiger partial charge is 0.369 e. The minimum Gasteiger partial charge on any atom is -0.369 e. The van der Waals surface area contributed by atoms with Gasteiger partial charge in [0, 0.05) is 31.6 Å². The second kappa shape index (κ2) is 7.19. The Balaban J connectivity index is 1.33. The highest BCUT2D eigenvalue weighted by Gasteiger charge is 2.14. The van der Waals surface area contributed by atoms with Gasteiger partial charge in [-0.2, -0.15) is 0 Å². The minimum absolute atomic E-state index is 0.929. The summed E-state index contributed by atoms with van der Waals surface area (Å²) in [6.07, 6.45) is 3.92. The molecular weight excluding hydrogens is 308 g/mol. The van der Waals surface area contributed by atoms with E-state index in [1.807, 2.05) is 0 Å². The van der Waals surface area contributed by atoms with Gasteiger partial charge in [0.05, 0.1) is 5.52 Å². The number of rotatable bonds is 5. The van der Waals surface area contributed by atoms with Gasteiger partial charge in [0.1, 0.15) is 12.1 Å². The van der Waals surface area contributed by atoms with E-state index in [9.17, 15) is 0 Å². The van der Waals surface area contributed by atoms with E-state index in [2.05, 4.69) is 69.6 Å². The van der Waals surface area contributed by atoms with Gasteiger partial charge in [-0.05, 0) is 43.0 Å². The van der Waals surface area contributed by atoms with Crippen molar-refractivity contribution in [3.05, 3.63) is 65.5 Å². The Kier molecular flexibility index (Phi) is 4.61. The van der Waals surface area contributed by atoms with Crippen molar-refractivity contribution < 1.29 is 0 Å². The summed E-state index contributed by atoms with van der Waals surface area (Å²) in [7, 11) is 0. The molecule has 1 aliphatic rings. The molecule has 0 aliphatic carbocycles. The van der Waals surface area contributed by atoms with Crippen LogP contribution in [0.5, 0.6) is 0 Å². The molecule has 1 aliphatic heterocycles. The second-order valence-electron chi connectivity index (χ2n) is 6.82. The molecule has 25 heavy (non-hydrogen) atoms. The number of aryl methyl sites for hydroxylation is 1. The summed E-state index contributed by atoms with van der Waals surface area (Å²) in [6.45, 7) is 6.38. The number of fused-ring (bicyclic) bond motifs is 2. The van der Waals surface area contributed by atoms with Crippen molar-refractivity contribution in [2.24, 2.45) is 0 Å². The zero-order valence-electron chi connectivity index (χ0n) is 14.7. The van der Waals surface area contributed by atoms with Crippen LogP contribution >= 0.6 is 0 Å². The summed E-state index contributed by atoms with van der Waals surface area (Å²) in [4.78, 5) is 11.3. The maximum absolute atomic E-state index is 4.43. The predicted octanol–water partition coefficient (Wildman–Crippen LogP) is 3.80. The van der Waals surface area contributed by atoms with Crippen LogP contribution in [0.3, 0.4) is 0 Å². The van der Waals surface area contributed by atoms with Gasteiger partial charge in [-0.25, -0.2) is 9.97 Å². The first-order chi connectivity index (χ1) is 12.3. The Morgan fingerprint density at radius 1 is 1.08 bits per heavy atom. The molecule has 2 aromatic carbocycles. The molecule has 128 valence electrons. The number of nitrogens with zero attached hydrogens (tertiary/aromatic N) is 3. The van der Waals surface area contributed by atoms with Crippen molar-refractivity contribution in [2.75, 3.05) is 25.0 Å². The lowest BCUT2D eigenvalue weighted by Gasteiger charge is -2.28. The molecule has 2 heterocycles. The van der Waals surface area contributed by atoms with E-state index in [-0.39, 0.29) is 0 Å². The van der Waals surface area contributed by atoms with Gasteiger partial charge in [0.2, 0.25) is 0 Å². The fourth-order valence-corrected chi connectivity index (χ4v) is 3.57. The molecule has 1 aromatic heterocycles. The molecule has 4 nitrogen and oxygen atoms in total. The Labute approximate surface area is 148 Å². The van der Waals surface area contributed by atoms with Crippen molar-refractivity contribution in [1.82, 2.24) is 14.9 Å². The first-order valence-corrected chi connectivity index (χ1v) is 9.04. The first kappa shape index (κ1) is 16.0. The van der Waals surface area contributed by atoms with E-state index >= 15 is 0 Å². The highest BCUT2D eigenvalue weighted by atomic mass is 15.1. The van der Waals surface area contributed by atoms with Gasteiger partial charge in [-0.15, -0.1) is 0 Å². The third kappa shape index (κ3) is 3.64. The average molecular weight is 332 g/mol. The predicted molar refractivity (Wildman–Crippen MR) is 103 cm³/mol. The molecule has 0 bridgehead atoms. The Bertz CT molecular complexity index is 875. The van der Waals surface area contributed by atoms with Crippen LogP contribution in [-0.2, 0) is 13.0 Å². The molecule has 0 atom stereocenters. The Morgan fingerprint density at radius 2 is 1.96 bits per heavy atom. The Morgan fingerprint density at radius 3 is 2.88 bits per heavy atom. The van der Waals surface area contributed by atoms with Crippen LogP contribution in [0.2, 0.25) is 0 Å². The van der Waals surface area contributed by atoms with Gasteiger partial charge >= 0.3 is 0 Å². The molecule has 0 fully saturated rings. The van der Waals surface area contributed by atoms with Gasteiger partial charge in [0.15, 0.2) is 0 Å². The highest BCUT2D eigenvalue weighted by molar-refractivity contribution is 5.89. The lowest BCUT2D eigenvalue weighted by Crippen LogP contribution is -2.32. The number of anilines is 1. The van der Waals surface area contributed by atoms with Crippen LogP contribution in [0.4, 0.5) is 5.82 Å². The van der Waals surface area contributed by atoms with Crippen LogP contribution in [-0.4, -0.2) is 34.5 Å². The van der Waals surface area contributed by atoms with Crippen molar-refractivity contribution in [2.45, 2.75) is 26.3 Å². The van der Waals surface area contributed by atoms with Crippen molar-refractivity contribution in [1.29, 1.82) is 0 Å². The summed E-state index contributed by atoms with van der Waals surface area (Å²) < 4.78 is 0. The summed E-state index contributed by atoms with van der Waals surface area (Å²) in [5.41, 5.74) is 5.23. The monoisotopic (exact) mass is 332 g/mol. The minimum atomic E-state index is 0.929. The smallest absolute Gasteiger partial charge is 0.137 e. The van der Waals surface area contributed by atoms with Crippen LogP contribution < -0.4 is 5.32 Å². The first-order valence-electron chi connectivity index (χ1n) is 9.04. The van der Waals surface area contributed by atoms with Crippen LogP contribution in [0.25, 0.3) is 10.9 Å². The molecule has 0 radical (unpaired) electrons. The lowest BCUT2D eigenvalue weighted by molar-refractivity contribution is 0.253. The molecule has 1 N–H and O–H groups in total. The van der Waals surface area contributed by atoms with Crippen molar-refractivity contribution in [3.8, 4) is 0 Å². The molecule has 0 saturated heterocycles. The average Bonchev–Trinajstić information content (AvgIpc) is 2.65. The molecule has 0 amide bonds. The van der Waals surface area contributed by atoms with Crippen LogP contribution in [0.15, 0.2) is 48.8 Å². The lowest BCUT2D eigenvalue weighted by atomic mass is 10.00. The van der Waals surface area contributed by atoms with Crippen molar-refractivity contribution in [3.63, 3.8) is 0 Å². The summed E-state index contributed by atoms with van der Waals surface area (Å²) >= 11 is 0. The highest BCUT2D eigenvalue weighted by Crippen LogP contribution is 2.21. The van der Waals surface area contributed by atoms with E-state index in [1.54, 1.807) is 6.33 Å². The van der Waals surface area contributed by atoms with E-state index in [0.29, 0.717) is 0 Å². The van der Waals surface area contributed by atoms with E-state index < -0.39 is 0 Å². The molecule has 4 rings (SSSR count). The van der Waals surface area contributed by atoms with Crippen LogP contribution in [0.1, 0.15) is 23.1 Å². The SMILES string of the molecule is Cc1ccc2ncnc(NCCCN3CCc4ccccc4C3)c2c1. The topological polar surface area (TPSA) is 41.1 Å². The molecule has 0 spiro atoms. The number of hydrogen-bond acceptors (Lipinski definition) is 4. The van der Waals surface area contributed by atoms with E-state index in [4.69, 9.17) is 0 Å². The summed E-state index contributed by atoms with van der Waals surface area (Å²) in [5, 5.41) is 4.60. The zero-order chi connectivity index (χ0) is 17.1. The van der Waals surface area contributed by atoms with Gasteiger partial charge in [-0.3, -0.25) is 4.90 Å². The third-order valence-electron chi connectivity index (χ3n) is 4.94. The quantitative estimate of drug-likeness (QED) is 0.722. The van der Waals surface area contributed by atoms with Gasteiger partial charge in [-0.1, -0.05) is 35.9 Å². The molecule has 4 heteroatoms. The standard InChI is InChI=1S/C21H24N4/c1-16-7-8-20-19(13-16)21(24-15-23-20)22-10-4-11-25-12-9-17-5-2-3-6-18(17)14-25/h2-3,5-8,13,15H,4,9-12,14H2,1H3,(H,22,23,24). The normalized spacial score (nSPS) is 14.4. The van der Waals surface area contributed by atoms with Gasteiger partial charge in [0.25, 0.3) is 0 Å². The van der Waals surface area contributed by atoms with E-state index in [1.165, 1.54) is 23.1 Å². The third-order valence-corrected chi connectivity index (χ3v) is 4.94. The van der Waals surface area contributed by atoms with E-state index in [0.717, 1.165) is 49.3 Å². The van der Waals surface area contributed by atoms with Gasteiger partial charge < -0.3 is 5.32 Å². The second-order valence-corrected chi connectivity index (χ2v) is 6.82. The maximum atomic E-state index is 4.43. The summed E-state index contributed by atoms with van der Waals surface area (Å²) in [5.74, 6) is 0.942. The molecule has 3 aromatic rings. The Hall–Kier alpha value is -2.46. The number of hydrogen-bond donors (Lipinski definition) is 1.